The third kappa shape index (κ3) is 5.92. The van der Waals surface area contributed by atoms with Gasteiger partial charge in [0.05, 0.1) is 11.2 Å². The second kappa shape index (κ2) is 13.2. The molecule has 0 aliphatic carbocycles. The summed E-state index contributed by atoms with van der Waals surface area (Å²) in [7, 11) is 0. The topological polar surface area (TPSA) is 30.7 Å². The molecule has 0 atom stereocenters. The summed E-state index contributed by atoms with van der Waals surface area (Å²) in [5.41, 5.74) is 15.2. The fourth-order valence-electron chi connectivity index (χ4n) is 6.91. The van der Waals surface area contributed by atoms with Gasteiger partial charge in [-0.15, -0.1) is 0 Å². The smallest absolute Gasteiger partial charge is 0.145 e. The van der Waals surface area contributed by atoms with Gasteiger partial charge in [-0.3, -0.25) is 9.55 Å². The Morgan fingerprint density at radius 3 is 1.22 bits per heavy atom. The summed E-state index contributed by atoms with van der Waals surface area (Å²) >= 11 is 0. The van der Waals surface area contributed by atoms with Crippen LogP contribution >= 0.6 is 0 Å². The average molecular weight is 652 g/mol. The second-order valence-electron chi connectivity index (χ2n) is 12.7. The maximum Gasteiger partial charge on any atom is 0.145 e. The highest BCUT2D eigenvalue weighted by Gasteiger charge is 2.20. The first-order valence-electron chi connectivity index (χ1n) is 17.2. The van der Waals surface area contributed by atoms with Gasteiger partial charge in [0.1, 0.15) is 11.3 Å². The number of hydrogen-bond acceptors (Lipinski definition) is 2. The Hall–Kier alpha value is -6.84. The Morgan fingerprint density at radius 2 is 0.725 bits per heavy atom. The van der Waals surface area contributed by atoms with Crippen molar-refractivity contribution in [1.29, 1.82) is 0 Å². The number of imidazole rings is 1. The normalized spacial score (nSPS) is 11.1. The van der Waals surface area contributed by atoms with Crippen molar-refractivity contribution < 1.29 is 0 Å². The Bertz CT molecular complexity index is 2470. The molecule has 0 radical (unpaired) electrons. The number of hydrogen-bond donors (Lipinski definition) is 0. The predicted molar refractivity (Wildman–Crippen MR) is 211 cm³/mol. The summed E-state index contributed by atoms with van der Waals surface area (Å²) in [5.74, 6) is 0.867. The van der Waals surface area contributed by atoms with Crippen LogP contribution in [0.2, 0.25) is 0 Å². The Balaban J connectivity index is 1.25. The first kappa shape index (κ1) is 30.2. The van der Waals surface area contributed by atoms with E-state index in [1.807, 2.05) is 24.4 Å². The van der Waals surface area contributed by atoms with Crippen LogP contribution in [0.3, 0.4) is 0 Å². The SMILES string of the molecule is c1ccc(-c2ccc(-c3cc(-c4ccc(-c5ccccc5)cc4)cc(-c4nc5c(-c6ccccc6)nccc5n4-c4ccccc4)c3)cc2)cc1. The van der Waals surface area contributed by atoms with Crippen molar-refractivity contribution in [3.63, 3.8) is 0 Å². The van der Waals surface area contributed by atoms with Gasteiger partial charge >= 0.3 is 0 Å². The Kier molecular flexibility index (Phi) is 7.84. The van der Waals surface area contributed by atoms with Gasteiger partial charge < -0.3 is 0 Å². The largest absolute Gasteiger partial charge is 0.292 e. The minimum absolute atomic E-state index is 0.867. The predicted octanol–water partition coefficient (Wildman–Crippen LogP) is 12.4. The van der Waals surface area contributed by atoms with Crippen LogP contribution in [0.15, 0.2) is 200 Å². The van der Waals surface area contributed by atoms with E-state index in [-0.39, 0.29) is 0 Å². The number of nitrogens with zero attached hydrogens (tertiary/aromatic N) is 3. The number of aromatic nitrogens is 3. The van der Waals surface area contributed by atoms with Gasteiger partial charge in [0.15, 0.2) is 0 Å². The van der Waals surface area contributed by atoms with Crippen molar-refractivity contribution in [1.82, 2.24) is 14.5 Å². The summed E-state index contributed by atoms with van der Waals surface area (Å²) in [6, 6.07) is 68.5. The molecule has 0 saturated heterocycles. The van der Waals surface area contributed by atoms with Crippen molar-refractivity contribution in [2.24, 2.45) is 0 Å². The van der Waals surface area contributed by atoms with Gasteiger partial charge in [-0.2, -0.15) is 0 Å². The number of pyridine rings is 1. The second-order valence-corrected chi connectivity index (χ2v) is 12.7. The van der Waals surface area contributed by atoms with Crippen molar-refractivity contribution in [2.75, 3.05) is 0 Å². The van der Waals surface area contributed by atoms with Gasteiger partial charge in [-0.25, -0.2) is 4.98 Å². The van der Waals surface area contributed by atoms with Crippen molar-refractivity contribution >= 4 is 11.0 Å². The van der Waals surface area contributed by atoms with E-state index in [4.69, 9.17) is 9.97 Å². The fourth-order valence-corrected chi connectivity index (χ4v) is 6.91. The Morgan fingerprint density at radius 1 is 0.333 bits per heavy atom. The van der Waals surface area contributed by atoms with E-state index >= 15 is 0 Å². The van der Waals surface area contributed by atoms with E-state index in [1.54, 1.807) is 0 Å². The molecule has 51 heavy (non-hydrogen) atoms. The molecular formula is C48H33N3. The molecule has 9 rings (SSSR count). The molecule has 9 aromatic rings. The molecule has 0 aliphatic rings. The lowest BCUT2D eigenvalue weighted by Gasteiger charge is -2.14. The van der Waals surface area contributed by atoms with Crippen LogP contribution in [-0.4, -0.2) is 14.5 Å². The fraction of sp³-hybridized carbons (Fsp3) is 0. The molecule has 3 nitrogen and oxygen atoms in total. The Labute approximate surface area is 297 Å². The molecule has 0 spiro atoms. The summed E-state index contributed by atoms with van der Waals surface area (Å²) < 4.78 is 2.27. The van der Waals surface area contributed by atoms with Crippen molar-refractivity contribution in [3.05, 3.63) is 200 Å². The monoisotopic (exact) mass is 651 g/mol. The molecule has 2 heterocycles. The van der Waals surface area contributed by atoms with Crippen LogP contribution < -0.4 is 0 Å². The molecule has 0 saturated carbocycles. The summed E-state index contributed by atoms with van der Waals surface area (Å²) in [4.78, 5) is 10.3. The van der Waals surface area contributed by atoms with Crippen LogP contribution in [0.4, 0.5) is 0 Å². The number of fused-ring (bicyclic) bond motifs is 1. The highest BCUT2D eigenvalue weighted by molar-refractivity contribution is 5.94. The zero-order valence-electron chi connectivity index (χ0n) is 27.9. The number of para-hydroxylation sites is 1. The van der Waals surface area contributed by atoms with Crippen LogP contribution in [0.5, 0.6) is 0 Å². The zero-order chi connectivity index (χ0) is 34.0. The van der Waals surface area contributed by atoms with Gasteiger partial charge in [0, 0.05) is 23.0 Å². The number of benzene rings is 7. The minimum Gasteiger partial charge on any atom is -0.292 e. The van der Waals surface area contributed by atoms with Crippen LogP contribution in [-0.2, 0) is 0 Å². The highest BCUT2D eigenvalue weighted by Crippen LogP contribution is 2.38. The van der Waals surface area contributed by atoms with E-state index in [9.17, 15) is 0 Å². The summed E-state index contributed by atoms with van der Waals surface area (Å²) in [5, 5.41) is 0. The van der Waals surface area contributed by atoms with E-state index in [2.05, 4.69) is 180 Å². The quantitative estimate of drug-likeness (QED) is 0.172. The molecule has 0 unspecified atom stereocenters. The van der Waals surface area contributed by atoms with Crippen LogP contribution in [0.1, 0.15) is 0 Å². The maximum atomic E-state index is 5.41. The molecule has 3 heteroatoms. The maximum absolute atomic E-state index is 5.41. The van der Waals surface area contributed by atoms with Gasteiger partial charge in [0.25, 0.3) is 0 Å². The molecule has 240 valence electrons. The van der Waals surface area contributed by atoms with Gasteiger partial charge in [0.2, 0.25) is 0 Å². The molecule has 7 aromatic carbocycles. The van der Waals surface area contributed by atoms with Crippen LogP contribution in [0.25, 0.3) is 83.9 Å². The molecule has 0 bridgehead atoms. The van der Waals surface area contributed by atoms with E-state index in [1.165, 1.54) is 22.3 Å². The van der Waals surface area contributed by atoms with E-state index < -0.39 is 0 Å². The lowest BCUT2D eigenvalue weighted by molar-refractivity contribution is 1.10. The minimum atomic E-state index is 0.867. The third-order valence-corrected chi connectivity index (χ3v) is 9.48. The van der Waals surface area contributed by atoms with Crippen LogP contribution in [0, 0.1) is 0 Å². The third-order valence-electron chi connectivity index (χ3n) is 9.48. The molecular weight excluding hydrogens is 619 g/mol. The summed E-state index contributed by atoms with van der Waals surface area (Å²) in [6.07, 6.45) is 1.89. The van der Waals surface area contributed by atoms with Gasteiger partial charge in [-0.05, 0) is 80.9 Å². The molecule has 0 aliphatic heterocycles. The van der Waals surface area contributed by atoms with Crippen molar-refractivity contribution in [3.8, 4) is 72.8 Å². The van der Waals surface area contributed by atoms with Gasteiger partial charge in [-0.1, -0.05) is 158 Å². The lowest BCUT2D eigenvalue weighted by atomic mass is 9.93. The van der Waals surface area contributed by atoms with Crippen molar-refractivity contribution in [2.45, 2.75) is 0 Å². The van der Waals surface area contributed by atoms with E-state index in [0.29, 0.717) is 0 Å². The molecule has 0 amide bonds. The highest BCUT2D eigenvalue weighted by atomic mass is 15.1. The number of rotatable bonds is 7. The average Bonchev–Trinajstić information content (AvgIpc) is 3.62. The zero-order valence-corrected chi connectivity index (χ0v) is 27.9. The van der Waals surface area contributed by atoms with E-state index in [0.717, 1.165) is 61.6 Å². The molecule has 0 fully saturated rings. The molecule has 0 N–H and O–H groups in total. The first-order chi connectivity index (χ1) is 25.3. The first-order valence-corrected chi connectivity index (χ1v) is 17.2. The lowest BCUT2D eigenvalue weighted by Crippen LogP contribution is -1.98. The standard InChI is InChI=1S/C48H33N3/c1-5-13-34(14-6-1)36-21-25-38(26-22-36)41-31-42(39-27-23-37(24-28-39)35-15-7-2-8-16-35)33-43(32-41)48-50-47-45(51(48)44-19-11-4-12-20-44)29-30-49-46(47)40-17-9-3-10-18-40/h1-33H. The summed E-state index contributed by atoms with van der Waals surface area (Å²) in [6.45, 7) is 0. The molecule has 2 aromatic heterocycles.